The first kappa shape index (κ1) is 32.8. The molecular weight excluding hydrogens is 693 g/mol. The highest BCUT2D eigenvalue weighted by molar-refractivity contribution is 6.10. The summed E-state index contributed by atoms with van der Waals surface area (Å²) < 4.78 is 8.64. The Labute approximate surface area is 330 Å². The van der Waals surface area contributed by atoms with Crippen molar-refractivity contribution in [2.45, 2.75) is 0 Å². The number of hydrogen-bond acceptors (Lipinski definition) is 2. The molecule has 2 aromatic heterocycles. The van der Waals surface area contributed by atoms with Crippen LogP contribution in [0.3, 0.4) is 0 Å². The van der Waals surface area contributed by atoms with Gasteiger partial charge in [0.25, 0.3) is 0 Å². The van der Waals surface area contributed by atoms with E-state index in [1.165, 1.54) is 38.5 Å². The summed E-state index contributed by atoms with van der Waals surface area (Å²) in [6.45, 7) is 0. The van der Waals surface area contributed by atoms with Crippen molar-refractivity contribution in [3.05, 3.63) is 218 Å². The predicted octanol–water partition coefficient (Wildman–Crippen LogP) is 15.2. The maximum Gasteiger partial charge on any atom is 0.136 e. The number of furan rings is 1. The Hall–Kier alpha value is -7.62. The average Bonchev–Trinajstić information content (AvgIpc) is 3.83. The molecule has 2 heterocycles. The van der Waals surface area contributed by atoms with Crippen LogP contribution in [-0.4, -0.2) is 4.57 Å². The van der Waals surface area contributed by atoms with Crippen LogP contribution in [0.5, 0.6) is 0 Å². The van der Waals surface area contributed by atoms with Crippen LogP contribution in [0.15, 0.2) is 223 Å². The monoisotopic (exact) mass is 728 g/mol. The molecule has 0 aliphatic carbocycles. The fourth-order valence-electron chi connectivity index (χ4n) is 8.50. The van der Waals surface area contributed by atoms with Gasteiger partial charge in [-0.2, -0.15) is 0 Å². The first-order valence-corrected chi connectivity index (χ1v) is 19.4. The molecule has 9 aromatic carbocycles. The second-order valence-corrected chi connectivity index (χ2v) is 14.5. The van der Waals surface area contributed by atoms with Crippen LogP contribution in [0, 0.1) is 0 Å². The van der Waals surface area contributed by atoms with E-state index in [-0.39, 0.29) is 0 Å². The van der Waals surface area contributed by atoms with Crippen LogP contribution < -0.4 is 4.90 Å². The van der Waals surface area contributed by atoms with Gasteiger partial charge in [0.15, 0.2) is 0 Å². The molecule has 3 heteroatoms. The standard InChI is InChI=1S/C54H36N2O/c1-2-13-37(14-3-1)40-15-12-16-44(35-40)55(42-30-25-38(26-31-42)41-29-34-49-48-20-7-11-24-53(48)57-54(49)36-41)43-32-27-39(28-33-43)45-17-4-8-21-50(45)56-51-22-9-5-18-46(51)47-19-6-10-23-52(47)56/h1-36H. The summed E-state index contributed by atoms with van der Waals surface area (Å²) >= 11 is 0. The van der Waals surface area contributed by atoms with Gasteiger partial charge >= 0.3 is 0 Å². The first-order chi connectivity index (χ1) is 28.3. The van der Waals surface area contributed by atoms with E-state index in [0.717, 1.165) is 61.4 Å². The van der Waals surface area contributed by atoms with Crippen molar-refractivity contribution in [1.29, 1.82) is 0 Å². The van der Waals surface area contributed by atoms with Crippen LogP contribution >= 0.6 is 0 Å². The fourth-order valence-corrected chi connectivity index (χ4v) is 8.50. The zero-order valence-electron chi connectivity index (χ0n) is 31.1. The summed E-state index contributed by atoms with van der Waals surface area (Å²) in [4.78, 5) is 2.35. The Kier molecular flexibility index (Phi) is 7.82. The molecular formula is C54H36N2O. The van der Waals surface area contributed by atoms with E-state index < -0.39 is 0 Å². The minimum atomic E-state index is 0.900. The zero-order chi connectivity index (χ0) is 37.7. The summed E-state index contributed by atoms with van der Waals surface area (Å²) in [7, 11) is 0. The number of nitrogens with zero attached hydrogens (tertiary/aromatic N) is 2. The Bertz CT molecular complexity index is 3170. The number of para-hydroxylation sites is 4. The lowest BCUT2D eigenvalue weighted by Crippen LogP contribution is -2.10. The molecule has 0 bridgehead atoms. The van der Waals surface area contributed by atoms with E-state index in [0.29, 0.717) is 0 Å². The smallest absolute Gasteiger partial charge is 0.136 e. The van der Waals surface area contributed by atoms with Crippen molar-refractivity contribution in [3.8, 4) is 39.1 Å². The van der Waals surface area contributed by atoms with Crippen molar-refractivity contribution in [2.24, 2.45) is 0 Å². The minimum Gasteiger partial charge on any atom is -0.456 e. The SMILES string of the molecule is c1ccc(-c2cccc(N(c3ccc(-c4ccc5c(c4)oc4ccccc45)cc3)c3ccc(-c4ccccc4-n4c5ccccc5c5ccccc54)cc3)c2)cc1. The normalized spacial score (nSPS) is 11.5. The van der Waals surface area contributed by atoms with Gasteiger partial charge < -0.3 is 13.9 Å². The van der Waals surface area contributed by atoms with Gasteiger partial charge in [-0.3, -0.25) is 0 Å². The predicted molar refractivity (Wildman–Crippen MR) is 239 cm³/mol. The first-order valence-electron chi connectivity index (χ1n) is 19.4. The molecule has 0 aliphatic heterocycles. The number of fused-ring (bicyclic) bond motifs is 6. The molecule has 268 valence electrons. The number of anilines is 3. The lowest BCUT2D eigenvalue weighted by Gasteiger charge is -2.26. The van der Waals surface area contributed by atoms with Gasteiger partial charge in [0, 0.05) is 44.2 Å². The Morgan fingerprint density at radius 2 is 0.842 bits per heavy atom. The third-order valence-electron chi connectivity index (χ3n) is 11.2. The van der Waals surface area contributed by atoms with E-state index in [2.05, 4.69) is 216 Å². The Morgan fingerprint density at radius 3 is 1.58 bits per heavy atom. The summed E-state index contributed by atoms with van der Waals surface area (Å²) in [5.41, 5.74) is 15.6. The van der Waals surface area contributed by atoms with Crippen molar-refractivity contribution >= 4 is 60.8 Å². The van der Waals surface area contributed by atoms with E-state index in [4.69, 9.17) is 4.42 Å². The van der Waals surface area contributed by atoms with Crippen molar-refractivity contribution in [1.82, 2.24) is 4.57 Å². The fraction of sp³-hybridized carbons (Fsp3) is 0. The number of rotatable bonds is 7. The number of hydrogen-bond donors (Lipinski definition) is 0. The molecule has 0 saturated heterocycles. The largest absolute Gasteiger partial charge is 0.456 e. The number of aromatic nitrogens is 1. The molecule has 57 heavy (non-hydrogen) atoms. The molecule has 0 spiro atoms. The average molecular weight is 729 g/mol. The van der Waals surface area contributed by atoms with Crippen LogP contribution in [0.2, 0.25) is 0 Å². The van der Waals surface area contributed by atoms with Gasteiger partial charge in [0.2, 0.25) is 0 Å². The van der Waals surface area contributed by atoms with Gasteiger partial charge in [0.1, 0.15) is 11.2 Å². The molecule has 3 nitrogen and oxygen atoms in total. The second-order valence-electron chi connectivity index (χ2n) is 14.5. The lowest BCUT2D eigenvalue weighted by molar-refractivity contribution is 0.669. The maximum atomic E-state index is 6.24. The molecule has 0 fully saturated rings. The van der Waals surface area contributed by atoms with Gasteiger partial charge in [-0.1, -0.05) is 146 Å². The molecule has 11 rings (SSSR count). The third-order valence-corrected chi connectivity index (χ3v) is 11.2. The van der Waals surface area contributed by atoms with Crippen molar-refractivity contribution < 1.29 is 4.42 Å². The minimum absolute atomic E-state index is 0.900. The molecule has 0 saturated carbocycles. The summed E-state index contributed by atoms with van der Waals surface area (Å²) in [5.74, 6) is 0. The second kappa shape index (κ2) is 13.6. The van der Waals surface area contributed by atoms with Gasteiger partial charge in [-0.05, 0) is 101 Å². The van der Waals surface area contributed by atoms with Crippen LogP contribution in [0.1, 0.15) is 0 Å². The van der Waals surface area contributed by atoms with Gasteiger partial charge in [-0.25, -0.2) is 0 Å². The summed E-state index contributed by atoms with van der Waals surface area (Å²) in [6, 6.07) is 78.1. The number of benzene rings is 9. The van der Waals surface area contributed by atoms with Crippen LogP contribution in [0.4, 0.5) is 17.1 Å². The molecule has 0 N–H and O–H groups in total. The van der Waals surface area contributed by atoms with Gasteiger partial charge in [-0.15, -0.1) is 0 Å². The molecule has 0 radical (unpaired) electrons. The van der Waals surface area contributed by atoms with Gasteiger partial charge in [0.05, 0.1) is 16.7 Å². The lowest BCUT2D eigenvalue weighted by atomic mass is 10.0. The van der Waals surface area contributed by atoms with E-state index in [1.807, 2.05) is 12.1 Å². The van der Waals surface area contributed by atoms with Crippen molar-refractivity contribution in [3.63, 3.8) is 0 Å². The van der Waals surface area contributed by atoms with Crippen molar-refractivity contribution in [2.75, 3.05) is 4.90 Å². The van der Waals surface area contributed by atoms with E-state index in [1.54, 1.807) is 0 Å². The third kappa shape index (κ3) is 5.68. The molecule has 0 atom stereocenters. The molecule has 0 unspecified atom stereocenters. The van der Waals surface area contributed by atoms with Crippen LogP contribution in [0.25, 0.3) is 82.8 Å². The summed E-state index contributed by atoms with van der Waals surface area (Å²) in [5, 5.41) is 4.79. The van der Waals surface area contributed by atoms with Crippen LogP contribution in [-0.2, 0) is 0 Å². The summed E-state index contributed by atoms with van der Waals surface area (Å²) in [6.07, 6.45) is 0. The molecule has 0 amide bonds. The Balaban J connectivity index is 1.00. The highest BCUT2D eigenvalue weighted by Gasteiger charge is 2.18. The Morgan fingerprint density at radius 1 is 0.316 bits per heavy atom. The van der Waals surface area contributed by atoms with E-state index in [9.17, 15) is 0 Å². The quantitative estimate of drug-likeness (QED) is 0.163. The highest BCUT2D eigenvalue weighted by Crippen LogP contribution is 2.41. The highest BCUT2D eigenvalue weighted by atomic mass is 16.3. The topological polar surface area (TPSA) is 21.3 Å². The zero-order valence-corrected chi connectivity index (χ0v) is 31.1. The maximum absolute atomic E-state index is 6.24. The molecule has 0 aliphatic rings. The molecule has 11 aromatic rings. The van der Waals surface area contributed by atoms with E-state index >= 15 is 0 Å².